The number of ether oxygens (including phenoxy) is 2. The molecule has 0 aliphatic carbocycles. The summed E-state index contributed by atoms with van der Waals surface area (Å²) in [5.74, 6) is -0.629. The van der Waals surface area contributed by atoms with E-state index in [-0.39, 0.29) is 28.2 Å². The zero-order valence-corrected chi connectivity index (χ0v) is 24.0. The summed E-state index contributed by atoms with van der Waals surface area (Å²) in [6.45, 7) is 4.56. The molecular weight excluding hydrogens is 594 g/mol. The fourth-order valence-corrected chi connectivity index (χ4v) is 3.47. The Labute approximate surface area is 229 Å². The summed E-state index contributed by atoms with van der Waals surface area (Å²) in [4.78, 5) is 38.2. The Morgan fingerprint density at radius 3 is 1.61 bits per heavy atom. The van der Waals surface area contributed by atoms with Gasteiger partial charge in [0.1, 0.15) is 26.6 Å². The molecule has 2 rings (SSSR count). The van der Waals surface area contributed by atoms with Gasteiger partial charge in [-0.15, -0.1) is 0 Å². The van der Waals surface area contributed by atoms with E-state index in [2.05, 4.69) is 41.9 Å². The molecule has 0 saturated heterocycles. The molecule has 0 aromatic heterocycles. The van der Waals surface area contributed by atoms with Crippen molar-refractivity contribution in [3.8, 4) is 0 Å². The molecule has 36 heavy (non-hydrogen) atoms. The van der Waals surface area contributed by atoms with E-state index in [9.17, 15) is 14.4 Å². The first kappa shape index (κ1) is 31.5. The van der Waals surface area contributed by atoms with Crippen LogP contribution in [0.3, 0.4) is 0 Å². The average molecular weight is 627 g/mol. The predicted octanol–water partition coefficient (Wildman–Crippen LogP) is 6.22. The van der Waals surface area contributed by atoms with Crippen LogP contribution in [0.25, 0.3) is 0 Å². The van der Waals surface area contributed by atoms with E-state index >= 15 is 0 Å². The van der Waals surface area contributed by atoms with Gasteiger partial charge in [-0.3, -0.25) is 0 Å². The highest BCUT2D eigenvalue weighted by Gasteiger charge is 2.11. The van der Waals surface area contributed by atoms with Gasteiger partial charge in [-0.2, -0.15) is 0 Å². The van der Waals surface area contributed by atoms with Crippen LogP contribution in [0.4, 0.5) is 0 Å². The number of halogens is 2. The second-order valence-electron chi connectivity index (χ2n) is 7.92. The summed E-state index contributed by atoms with van der Waals surface area (Å²) in [6.07, 6.45) is 5.29. The second-order valence-corrected chi connectivity index (χ2v) is 10.5. The lowest BCUT2D eigenvalue weighted by molar-refractivity contribution is -0.107. The van der Waals surface area contributed by atoms with Gasteiger partial charge in [-0.25, -0.2) is 9.59 Å². The zero-order chi connectivity index (χ0) is 26.8. The van der Waals surface area contributed by atoms with Crippen LogP contribution in [0.5, 0.6) is 0 Å². The molecule has 196 valence electrons. The normalized spacial score (nSPS) is 12.1. The summed E-state index contributed by atoms with van der Waals surface area (Å²) in [5.41, 5.74) is 3.34. The van der Waals surface area contributed by atoms with Crippen molar-refractivity contribution < 1.29 is 28.7 Å². The van der Waals surface area contributed by atoms with Crippen LogP contribution in [-0.4, -0.2) is 54.4 Å². The van der Waals surface area contributed by atoms with Crippen molar-refractivity contribution in [1.82, 2.24) is 0 Å². The standard InChI is InChI=1S/C14H18BrNO3.C13H15BrO3/c1-11-5-7-12(8-6-11)14(17)19-10-13(15)4-3-9-16-18-2;1-10-4-6-11(7-5-10)13(16)17-9-12(14)3-2-8-15/h5-9,13H,3-4,10H2,1-2H3;4-8,12H,2-3,9H2,1H3/t13-;12-/m11/s1. The largest absolute Gasteiger partial charge is 0.461 e. The molecule has 0 heterocycles. The van der Waals surface area contributed by atoms with Gasteiger partial charge in [-0.1, -0.05) is 72.4 Å². The van der Waals surface area contributed by atoms with E-state index in [0.29, 0.717) is 30.6 Å². The van der Waals surface area contributed by atoms with Crippen molar-refractivity contribution in [2.24, 2.45) is 5.16 Å². The van der Waals surface area contributed by atoms with Gasteiger partial charge in [0, 0.05) is 22.3 Å². The van der Waals surface area contributed by atoms with Crippen molar-refractivity contribution in [2.75, 3.05) is 20.3 Å². The van der Waals surface area contributed by atoms with E-state index in [1.165, 1.54) is 7.11 Å². The number of aldehydes is 1. The van der Waals surface area contributed by atoms with Crippen molar-refractivity contribution in [2.45, 2.75) is 49.2 Å². The molecule has 9 heteroatoms. The smallest absolute Gasteiger partial charge is 0.338 e. The Bertz CT molecular complexity index is 948. The maximum Gasteiger partial charge on any atom is 0.338 e. The van der Waals surface area contributed by atoms with Crippen molar-refractivity contribution in [3.63, 3.8) is 0 Å². The third-order valence-electron chi connectivity index (χ3n) is 4.75. The molecule has 0 spiro atoms. The Hall–Kier alpha value is -2.52. The van der Waals surface area contributed by atoms with Crippen molar-refractivity contribution in [1.29, 1.82) is 0 Å². The van der Waals surface area contributed by atoms with Crippen LogP contribution in [0.15, 0.2) is 53.7 Å². The van der Waals surface area contributed by atoms with Crippen LogP contribution in [0.1, 0.15) is 57.5 Å². The zero-order valence-electron chi connectivity index (χ0n) is 20.8. The SMILES string of the molecule is CON=CCC[C@@H](Br)COC(=O)c1ccc(C)cc1.Cc1ccc(C(=O)OC[C@H](Br)CCC=O)cc1. The average Bonchev–Trinajstić information content (AvgIpc) is 2.88. The van der Waals surface area contributed by atoms with E-state index in [0.717, 1.165) is 30.3 Å². The van der Waals surface area contributed by atoms with Crippen LogP contribution in [-0.2, 0) is 19.1 Å². The molecule has 2 aromatic rings. The Kier molecular flexibility index (Phi) is 16.4. The fourth-order valence-electron chi connectivity index (χ4n) is 2.68. The topological polar surface area (TPSA) is 91.3 Å². The number of hydrogen-bond donors (Lipinski definition) is 0. The van der Waals surface area contributed by atoms with Gasteiger partial charge in [0.15, 0.2) is 0 Å². The summed E-state index contributed by atoms with van der Waals surface area (Å²) in [7, 11) is 1.51. The number of aryl methyl sites for hydroxylation is 2. The summed E-state index contributed by atoms with van der Waals surface area (Å²) < 4.78 is 10.4. The molecule has 0 aliphatic rings. The number of carbonyl (C=O) groups excluding carboxylic acids is 3. The molecule has 0 unspecified atom stereocenters. The first-order valence-electron chi connectivity index (χ1n) is 11.5. The number of hydrogen-bond acceptors (Lipinski definition) is 7. The maximum absolute atomic E-state index is 11.7. The summed E-state index contributed by atoms with van der Waals surface area (Å²) in [5, 5.41) is 3.64. The highest BCUT2D eigenvalue weighted by molar-refractivity contribution is 9.09. The summed E-state index contributed by atoms with van der Waals surface area (Å²) in [6, 6.07) is 14.5. The number of benzene rings is 2. The van der Waals surface area contributed by atoms with Crippen LogP contribution in [0, 0.1) is 13.8 Å². The Morgan fingerprint density at radius 1 is 0.806 bits per heavy atom. The molecule has 0 amide bonds. The van der Waals surface area contributed by atoms with E-state index in [1.807, 2.05) is 38.1 Å². The van der Waals surface area contributed by atoms with Crippen molar-refractivity contribution >= 4 is 56.3 Å². The van der Waals surface area contributed by atoms with E-state index in [1.54, 1.807) is 30.5 Å². The molecule has 0 bridgehead atoms. The quantitative estimate of drug-likeness (QED) is 0.0862. The van der Waals surface area contributed by atoms with Crippen molar-refractivity contribution in [3.05, 3.63) is 70.8 Å². The van der Waals surface area contributed by atoms with Crippen LogP contribution < -0.4 is 0 Å². The Morgan fingerprint density at radius 2 is 1.22 bits per heavy atom. The molecule has 0 saturated carbocycles. The molecule has 0 aliphatic heterocycles. The number of rotatable bonds is 13. The number of nitrogens with zero attached hydrogens (tertiary/aromatic N) is 1. The molecule has 2 atom stereocenters. The minimum absolute atomic E-state index is 0.0297. The number of carbonyl (C=O) groups is 3. The molecule has 7 nitrogen and oxygen atoms in total. The van der Waals surface area contributed by atoms with E-state index in [4.69, 9.17) is 9.47 Å². The number of oxime groups is 1. The lowest BCUT2D eigenvalue weighted by Gasteiger charge is -2.09. The molecule has 0 fully saturated rings. The molecule has 0 N–H and O–H groups in total. The third-order valence-corrected chi connectivity index (χ3v) is 6.20. The highest BCUT2D eigenvalue weighted by Crippen LogP contribution is 2.11. The minimum atomic E-state index is -0.333. The summed E-state index contributed by atoms with van der Waals surface area (Å²) >= 11 is 6.82. The lowest BCUT2D eigenvalue weighted by Crippen LogP contribution is -2.14. The maximum atomic E-state index is 11.7. The first-order valence-corrected chi connectivity index (χ1v) is 13.3. The molecule has 2 aromatic carbocycles. The van der Waals surface area contributed by atoms with E-state index < -0.39 is 0 Å². The minimum Gasteiger partial charge on any atom is -0.461 e. The van der Waals surface area contributed by atoms with Crippen LogP contribution in [0.2, 0.25) is 0 Å². The van der Waals surface area contributed by atoms with Gasteiger partial charge in [-0.05, 0) is 57.4 Å². The fraction of sp³-hybridized carbons (Fsp3) is 0.407. The number of alkyl halides is 2. The predicted molar refractivity (Wildman–Crippen MR) is 148 cm³/mol. The third kappa shape index (κ3) is 14.1. The lowest BCUT2D eigenvalue weighted by atomic mass is 10.1. The van der Waals surface area contributed by atoms with Gasteiger partial charge in [0.05, 0.1) is 11.1 Å². The molecule has 0 radical (unpaired) electrons. The van der Waals surface area contributed by atoms with Gasteiger partial charge in [0.2, 0.25) is 0 Å². The number of esters is 2. The molecular formula is C27H33Br2NO6. The first-order chi connectivity index (χ1) is 17.3. The van der Waals surface area contributed by atoms with Gasteiger partial charge < -0.3 is 19.1 Å². The monoisotopic (exact) mass is 625 g/mol. The van der Waals surface area contributed by atoms with Gasteiger partial charge >= 0.3 is 11.9 Å². The van der Waals surface area contributed by atoms with Crippen LogP contribution >= 0.6 is 31.9 Å². The Balaban J connectivity index is 0.000000362. The highest BCUT2D eigenvalue weighted by atomic mass is 79.9. The van der Waals surface area contributed by atoms with Gasteiger partial charge in [0.25, 0.3) is 0 Å². The second kappa shape index (κ2) is 18.7.